The van der Waals surface area contributed by atoms with Crippen LogP contribution in [0.1, 0.15) is 192 Å². The maximum Gasteiger partial charge on any atom is 0.312 e. The number of benzene rings is 3. The van der Waals surface area contributed by atoms with Crippen molar-refractivity contribution in [3.05, 3.63) is 89.5 Å². The molecule has 3 rings (SSSR count). The Morgan fingerprint density at radius 2 is 0.594 bits per heavy atom. The standard InChI is InChI=1S/C54H81O6PS3/c1-4-7-10-13-16-19-22-25-46-28-34-49(35-29-46)58-52(55)40-43-62-61(63-44-41-53(56)59-50-36-30-47(31-37-50)26-23-20-17-14-11-8-5-2)64-45-42-54(57)60-51-38-32-48(33-39-51)27-24-21-18-15-12-9-6-3/h28-39H,4-27,40-45H2,1-3H3. The Hall–Kier alpha value is -2.45. The summed E-state index contributed by atoms with van der Waals surface area (Å²) in [5.41, 5.74) is 3.07. The third-order valence-corrected chi connectivity index (χ3v) is 22.2. The van der Waals surface area contributed by atoms with Gasteiger partial charge in [0.2, 0.25) is 0 Å². The molecule has 6 nitrogen and oxygen atoms in total. The number of ether oxygens (including phenoxy) is 3. The summed E-state index contributed by atoms with van der Waals surface area (Å²) in [5.74, 6) is 2.72. The van der Waals surface area contributed by atoms with Gasteiger partial charge in [-0.3, -0.25) is 14.4 Å². The molecule has 0 aromatic heterocycles. The zero-order valence-electron chi connectivity index (χ0n) is 39.8. The molecule has 3 aromatic carbocycles. The third kappa shape index (κ3) is 28.6. The van der Waals surface area contributed by atoms with E-state index in [1.165, 1.54) is 152 Å². The molecule has 0 aliphatic carbocycles. The summed E-state index contributed by atoms with van der Waals surface area (Å²) in [7, 11) is 0. The Morgan fingerprint density at radius 1 is 0.359 bits per heavy atom. The molecule has 0 aliphatic heterocycles. The first-order chi connectivity index (χ1) is 31.4. The Morgan fingerprint density at radius 3 is 0.844 bits per heavy atom. The van der Waals surface area contributed by atoms with E-state index in [1.807, 2.05) is 36.4 Å². The minimum Gasteiger partial charge on any atom is -0.427 e. The molecule has 356 valence electrons. The summed E-state index contributed by atoms with van der Waals surface area (Å²) >= 11 is 5.12. The van der Waals surface area contributed by atoms with Crippen molar-refractivity contribution in [3.63, 3.8) is 0 Å². The highest BCUT2D eigenvalue weighted by Gasteiger charge is 2.17. The second-order valence-electron chi connectivity index (χ2n) is 16.9. The molecular weight excluding hydrogens is 872 g/mol. The number of carbonyl (C=O) groups is 3. The van der Waals surface area contributed by atoms with Crippen molar-refractivity contribution < 1.29 is 28.6 Å². The van der Waals surface area contributed by atoms with Gasteiger partial charge >= 0.3 is 17.9 Å². The van der Waals surface area contributed by atoms with Crippen LogP contribution in [-0.4, -0.2) is 35.2 Å². The summed E-state index contributed by atoms with van der Waals surface area (Å²) in [6.45, 7) is 6.75. The zero-order valence-corrected chi connectivity index (χ0v) is 43.1. The Labute approximate surface area is 402 Å². The maximum absolute atomic E-state index is 12.8. The maximum atomic E-state index is 12.8. The lowest BCUT2D eigenvalue weighted by Gasteiger charge is -2.15. The third-order valence-electron chi connectivity index (χ3n) is 11.2. The average molecular weight is 953 g/mol. The van der Waals surface area contributed by atoms with E-state index >= 15 is 0 Å². The van der Waals surface area contributed by atoms with Gasteiger partial charge in [0.25, 0.3) is 0 Å². The van der Waals surface area contributed by atoms with Gasteiger partial charge in [-0.05, 0) is 91.6 Å². The summed E-state index contributed by atoms with van der Waals surface area (Å²) in [6.07, 6.45) is 31.0. The van der Waals surface area contributed by atoms with E-state index in [2.05, 4.69) is 57.2 Å². The van der Waals surface area contributed by atoms with E-state index in [9.17, 15) is 14.4 Å². The molecule has 64 heavy (non-hydrogen) atoms. The van der Waals surface area contributed by atoms with Gasteiger partial charge in [0.1, 0.15) is 17.2 Å². The van der Waals surface area contributed by atoms with Crippen molar-refractivity contribution in [2.75, 3.05) is 17.3 Å². The first-order valence-corrected chi connectivity index (χ1v) is 31.1. The molecule has 0 spiro atoms. The monoisotopic (exact) mass is 952 g/mol. The topological polar surface area (TPSA) is 78.9 Å². The molecule has 10 heteroatoms. The first kappa shape index (κ1) is 55.9. The van der Waals surface area contributed by atoms with E-state index in [1.54, 1.807) is 34.1 Å². The van der Waals surface area contributed by atoms with Crippen LogP contribution in [0, 0.1) is 0 Å². The number of aryl methyl sites for hydroxylation is 3. The van der Waals surface area contributed by atoms with Crippen LogP contribution >= 0.6 is 39.7 Å². The van der Waals surface area contributed by atoms with Crippen molar-refractivity contribution in [3.8, 4) is 17.2 Å². The van der Waals surface area contributed by atoms with Crippen LogP contribution in [0.4, 0.5) is 0 Å². The Balaban J connectivity index is 1.42. The number of rotatable bonds is 39. The first-order valence-electron chi connectivity index (χ1n) is 25.0. The molecule has 0 heterocycles. The number of hydrogen-bond acceptors (Lipinski definition) is 9. The molecule has 0 fully saturated rings. The van der Waals surface area contributed by atoms with Crippen LogP contribution in [0.3, 0.4) is 0 Å². The second-order valence-corrected chi connectivity index (χ2v) is 27.1. The van der Waals surface area contributed by atoms with Crippen molar-refractivity contribution in [2.24, 2.45) is 0 Å². The summed E-state index contributed by atoms with van der Waals surface area (Å²) in [4.78, 5) is 38.5. The molecule has 0 aliphatic rings. The zero-order chi connectivity index (χ0) is 45.7. The Bertz CT molecular complexity index is 1440. The van der Waals surface area contributed by atoms with E-state index in [-0.39, 0.29) is 37.2 Å². The lowest BCUT2D eigenvalue weighted by atomic mass is 10.0. The largest absolute Gasteiger partial charge is 0.427 e. The van der Waals surface area contributed by atoms with Crippen molar-refractivity contribution in [2.45, 2.75) is 194 Å². The van der Waals surface area contributed by atoms with Crippen LogP contribution in [-0.2, 0) is 33.6 Å². The normalized spacial score (nSPS) is 11.2. The van der Waals surface area contributed by atoms with Crippen LogP contribution in [0.2, 0.25) is 0 Å². The molecular formula is C54H81O6PS3. The lowest BCUT2D eigenvalue weighted by Crippen LogP contribution is -2.09. The summed E-state index contributed by atoms with van der Waals surface area (Å²) in [5, 5.41) is 0. The number of carbonyl (C=O) groups excluding carboxylic acids is 3. The van der Waals surface area contributed by atoms with Gasteiger partial charge in [0, 0.05) is 17.3 Å². The molecule has 0 amide bonds. The average Bonchev–Trinajstić information content (AvgIpc) is 3.29. The van der Waals surface area contributed by atoms with Gasteiger partial charge in [-0.25, -0.2) is 0 Å². The lowest BCUT2D eigenvalue weighted by molar-refractivity contribution is -0.134. The van der Waals surface area contributed by atoms with Crippen LogP contribution in [0.25, 0.3) is 0 Å². The van der Waals surface area contributed by atoms with Gasteiger partial charge in [0.05, 0.1) is 24.8 Å². The summed E-state index contributed by atoms with van der Waals surface area (Å²) in [6, 6.07) is 23.8. The molecule has 0 bridgehead atoms. The minimum absolute atomic E-state index is 0.258. The SMILES string of the molecule is CCCCCCCCCc1ccc(OC(=O)CCSP(SCCC(=O)Oc2ccc(CCCCCCCCC)cc2)SCCC(=O)Oc2ccc(CCCCCCCCC)cc2)cc1. The van der Waals surface area contributed by atoms with Gasteiger partial charge in [-0.1, -0.05) is 173 Å². The minimum atomic E-state index is -0.754. The quantitative estimate of drug-likeness (QED) is 0.0240. The smallest absolute Gasteiger partial charge is 0.312 e. The van der Waals surface area contributed by atoms with E-state index < -0.39 is 5.53 Å². The molecule has 0 N–H and O–H groups in total. The van der Waals surface area contributed by atoms with Crippen LogP contribution in [0.5, 0.6) is 17.2 Å². The second kappa shape index (κ2) is 37.6. The fourth-order valence-corrected chi connectivity index (χ4v) is 17.6. The highest BCUT2D eigenvalue weighted by molar-refractivity contribution is 9.12. The van der Waals surface area contributed by atoms with Crippen LogP contribution in [0.15, 0.2) is 72.8 Å². The van der Waals surface area contributed by atoms with Gasteiger partial charge in [-0.15, -0.1) is 34.1 Å². The molecule has 3 aromatic rings. The molecule has 0 saturated heterocycles. The number of hydrogen-bond donors (Lipinski definition) is 0. The molecule has 0 radical (unpaired) electrons. The molecule has 0 unspecified atom stereocenters. The van der Waals surface area contributed by atoms with Crippen molar-refractivity contribution >= 4 is 57.6 Å². The highest BCUT2D eigenvalue weighted by Crippen LogP contribution is 2.70. The fourth-order valence-electron chi connectivity index (χ4n) is 7.30. The highest BCUT2D eigenvalue weighted by atomic mass is 33.4. The van der Waals surface area contributed by atoms with Crippen LogP contribution < -0.4 is 14.2 Å². The predicted molar refractivity (Wildman–Crippen MR) is 279 cm³/mol. The van der Waals surface area contributed by atoms with E-state index in [4.69, 9.17) is 14.2 Å². The number of unbranched alkanes of at least 4 members (excludes halogenated alkanes) is 18. The van der Waals surface area contributed by atoms with E-state index in [0.29, 0.717) is 34.5 Å². The summed E-state index contributed by atoms with van der Waals surface area (Å²) < 4.78 is 17.1. The van der Waals surface area contributed by atoms with Crippen molar-refractivity contribution in [1.82, 2.24) is 0 Å². The van der Waals surface area contributed by atoms with Gasteiger partial charge < -0.3 is 14.2 Å². The predicted octanol–water partition coefficient (Wildman–Crippen LogP) is 17.3. The van der Waals surface area contributed by atoms with Gasteiger partial charge in [0.15, 0.2) is 0 Å². The Kier molecular flexibility index (Phi) is 32.8. The number of esters is 3. The van der Waals surface area contributed by atoms with E-state index in [0.717, 1.165) is 19.3 Å². The molecule has 0 atom stereocenters. The fraction of sp³-hybridized carbons (Fsp3) is 0.611. The van der Waals surface area contributed by atoms with Crippen molar-refractivity contribution in [1.29, 1.82) is 0 Å². The molecule has 0 saturated carbocycles. The van der Waals surface area contributed by atoms with Gasteiger partial charge in [-0.2, -0.15) is 0 Å².